The Labute approximate surface area is 423 Å². The first kappa shape index (κ1) is 55.9. The molecule has 20 atom stereocenters. The topological polar surface area (TPSA) is 437 Å². The summed E-state index contributed by atoms with van der Waals surface area (Å²) in [4.78, 5) is 14.4. The van der Waals surface area contributed by atoms with Crippen molar-refractivity contribution < 1.29 is 129 Å². The molecule has 0 aliphatic carbocycles. The third kappa shape index (κ3) is 11.7. The zero-order valence-electron chi connectivity index (χ0n) is 39.4. The lowest BCUT2D eigenvalue weighted by molar-refractivity contribution is -0.354. The van der Waals surface area contributed by atoms with Crippen LogP contribution in [0.5, 0.6) is 34.5 Å². The van der Waals surface area contributed by atoms with Crippen molar-refractivity contribution in [2.24, 2.45) is 0 Å². The van der Waals surface area contributed by atoms with Gasteiger partial charge in [-0.05, 0) is 49.4 Å². The van der Waals surface area contributed by atoms with Crippen molar-refractivity contribution in [3.63, 3.8) is 0 Å². The van der Waals surface area contributed by atoms with Crippen molar-refractivity contribution in [2.45, 2.75) is 130 Å². The number of fused-ring (bicyclic) bond motifs is 1. The number of hydrogen-bond acceptors (Lipinski definition) is 27. The van der Waals surface area contributed by atoms with Gasteiger partial charge in [0.05, 0.1) is 25.9 Å². The van der Waals surface area contributed by atoms with E-state index in [9.17, 15) is 86.5 Å². The Kier molecular flexibility index (Phi) is 17.5. The summed E-state index contributed by atoms with van der Waals surface area (Å²) < 4.78 is 57.5. The van der Waals surface area contributed by atoms with Crippen molar-refractivity contribution in [3.8, 4) is 45.8 Å². The second-order valence-electron chi connectivity index (χ2n) is 18.2. The highest BCUT2D eigenvalue weighted by atomic mass is 16.8. The quantitative estimate of drug-likeness (QED) is 0.0505. The number of aliphatic hydroxyl groups excluding tert-OH is 13. The average molecular weight is 1070 g/mol. The van der Waals surface area contributed by atoms with Crippen LogP contribution < -0.4 is 19.6 Å². The van der Waals surface area contributed by atoms with Crippen LogP contribution in [0.3, 0.4) is 0 Å². The van der Waals surface area contributed by atoms with E-state index in [1.165, 1.54) is 61.5 Å². The van der Waals surface area contributed by atoms with Crippen molar-refractivity contribution >= 4 is 17.0 Å². The highest BCUT2D eigenvalue weighted by molar-refractivity contribution is 5.88. The van der Waals surface area contributed by atoms with Crippen LogP contribution in [-0.4, -0.2) is 231 Å². The van der Waals surface area contributed by atoms with E-state index in [0.29, 0.717) is 0 Å². The van der Waals surface area contributed by atoms with Crippen molar-refractivity contribution in [3.05, 3.63) is 76.5 Å². The summed E-state index contributed by atoms with van der Waals surface area (Å²) in [6, 6.07) is 11.4. The zero-order valence-corrected chi connectivity index (χ0v) is 39.4. The maximum atomic E-state index is 14.4. The molecule has 4 aromatic rings. The summed E-state index contributed by atoms with van der Waals surface area (Å²) >= 11 is 0. The van der Waals surface area contributed by atoms with Gasteiger partial charge < -0.3 is 129 Å². The standard InChI is InChI=1S/C48H58O27/c1-17-30(54)35(59)40(64)46(68-17)75-44-38(62)32(56)27(15-50)72-48(44)74-43-34(58)29-23(53)12-22(13-25(29)69-42(43)19-5-7-20(51)8-6-19)66-10-2-3-18-4-9-21(52)11-24(18)70-47-41(65)37(61)33(57)28(73-47)16-67-45-39(63)36(60)31(55)26(14-49)71-45/h2-9,11-13,17,26-28,30-33,35-41,44-57,59-65H,10,14-16H2,1H3. The Bertz CT molecular complexity index is 2650. The van der Waals surface area contributed by atoms with Crippen LogP contribution in [0.25, 0.3) is 28.4 Å². The normalized spacial score (nSPS) is 36.4. The Morgan fingerprint density at radius 1 is 0.587 bits per heavy atom. The van der Waals surface area contributed by atoms with E-state index in [2.05, 4.69) is 0 Å². The molecule has 4 fully saturated rings. The first-order valence-corrected chi connectivity index (χ1v) is 23.4. The van der Waals surface area contributed by atoms with Gasteiger partial charge in [-0.25, -0.2) is 0 Å². The third-order valence-corrected chi connectivity index (χ3v) is 13.0. The van der Waals surface area contributed by atoms with Gasteiger partial charge in [-0.15, -0.1) is 0 Å². The smallest absolute Gasteiger partial charge is 0.239 e. The Morgan fingerprint density at radius 2 is 1.17 bits per heavy atom. The third-order valence-electron chi connectivity index (χ3n) is 13.0. The Morgan fingerprint density at radius 3 is 1.85 bits per heavy atom. The first-order valence-electron chi connectivity index (χ1n) is 23.4. The van der Waals surface area contributed by atoms with E-state index in [-0.39, 0.29) is 52.1 Å². The Balaban J connectivity index is 1.01. The molecule has 4 aliphatic heterocycles. The molecule has 5 heterocycles. The summed E-state index contributed by atoms with van der Waals surface area (Å²) in [5.74, 6) is -2.34. The van der Waals surface area contributed by atoms with Crippen molar-refractivity contribution in [1.29, 1.82) is 0 Å². The minimum atomic E-state index is -1.96. The minimum Gasteiger partial charge on any atom is -0.508 e. The molecule has 0 saturated carbocycles. The SMILES string of the molecule is CC1OC(OC2C(Oc3c(-c4ccc(O)cc4)oc4cc(OCC=Cc5ccc(O)cc5OC5OC(COC6OC(CO)C(O)C(O)C6O)C(O)C(O)C5O)cc(O)c4c3=O)OC(CO)C(O)C2O)C(O)C(O)C1O. The summed E-state index contributed by atoms with van der Waals surface area (Å²) in [6.07, 6.45) is -31.1. The van der Waals surface area contributed by atoms with Gasteiger partial charge in [0.2, 0.25) is 23.8 Å². The fraction of sp³-hybridized carbons (Fsp3) is 0.521. The fourth-order valence-electron chi connectivity index (χ4n) is 8.70. The largest absolute Gasteiger partial charge is 0.508 e. The van der Waals surface area contributed by atoms with Crippen LogP contribution in [0, 0.1) is 0 Å². The molecule has 1 aromatic heterocycles. The van der Waals surface area contributed by atoms with Gasteiger partial charge in [-0.2, -0.15) is 0 Å². The predicted molar refractivity (Wildman–Crippen MR) is 247 cm³/mol. The van der Waals surface area contributed by atoms with Gasteiger partial charge in [0.25, 0.3) is 0 Å². The van der Waals surface area contributed by atoms with Crippen LogP contribution in [0.1, 0.15) is 12.5 Å². The highest BCUT2D eigenvalue weighted by Gasteiger charge is 2.52. The van der Waals surface area contributed by atoms with Gasteiger partial charge >= 0.3 is 0 Å². The molecule has 0 amide bonds. The lowest BCUT2D eigenvalue weighted by atomic mass is 9.97. The molecule has 75 heavy (non-hydrogen) atoms. The fourth-order valence-corrected chi connectivity index (χ4v) is 8.70. The number of ether oxygens (including phenoxy) is 9. The molecular formula is C48H58O27. The number of rotatable bonds is 16. The maximum absolute atomic E-state index is 14.4. The van der Waals surface area contributed by atoms with Gasteiger partial charge in [0.1, 0.15) is 132 Å². The Hall–Kier alpha value is -5.35. The monoisotopic (exact) mass is 1070 g/mol. The van der Waals surface area contributed by atoms with Crippen LogP contribution in [0.15, 0.2) is 69.9 Å². The zero-order chi connectivity index (χ0) is 54.2. The molecule has 0 bridgehead atoms. The second kappa shape index (κ2) is 23.5. The summed E-state index contributed by atoms with van der Waals surface area (Å²) in [7, 11) is 0. The number of aromatic hydroxyl groups is 3. The molecule has 16 N–H and O–H groups in total. The van der Waals surface area contributed by atoms with E-state index in [1.54, 1.807) is 0 Å². The second-order valence-corrected chi connectivity index (χ2v) is 18.2. The summed E-state index contributed by atoms with van der Waals surface area (Å²) in [5.41, 5.74) is -0.939. The van der Waals surface area contributed by atoms with Gasteiger partial charge in [0.15, 0.2) is 24.4 Å². The molecule has 4 aliphatic rings. The minimum absolute atomic E-state index is 0.0527. The van der Waals surface area contributed by atoms with Gasteiger partial charge in [-0.3, -0.25) is 4.79 Å². The molecule has 0 radical (unpaired) electrons. The molecule has 412 valence electrons. The van der Waals surface area contributed by atoms with Gasteiger partial charge in [-0.1, -0.05) is 6.08 Å². The van der Waals surface area contributed by atoms with Crippen LogP contribution in [0.4, 0.5) is 0 Å². The van der Waals surface area contributed by atoms with E-state index in [4.69, 9.17) is 47.0 Å². The van der Waals surface area contributed by atoms with E-state index >= 15 is 0 Å². The van der Waals surface area contributed by atoms with Crippen LogP contribution >= 0.6 is 0 Å². The summed E-state index contributed by atoms with van der Waals surface area (Å²) in [5, 5.41) is 167. The van der Waals surface area contributed by atoms with E-state index in [0.717, 1.165) is 12.1 Å². The number of hydrogen-bond donors (Lipinski definition) is 16. The molecule has 27 heteroatoms. The van der Waals surface area contributed by atoms with Crippen molar-refractivity contribution in [1.82, 2.24) is 0 Å². The molecule has 8 rings (SSSR count). The number of aliphatic hydroxyl groups is 13. The average Bonchev–Trinajstić information content (AvgIpc) is 3.39. The lowest BCUT2D eigenvalue weighted by Gasteiger charge is -2.45. The number of phenols is 3. The van der Waals surface area contributed by atoms with Gasteiger partial charge in [0, 0.05) is 29.3 Å². The molecule has 27 nitrogen and oxygen atoms in total. The predicted octanol–water partition coefficient (Wildman–Crippen LogP) is -4.30. The van der Waals surface area contributed by atoms with E-state index in [1.807, 2.05) is 0 Å². The summed E-state index contributed by atoms with van der Waals surface area (Å²) in [6.45, 7) is -1.13. The van der Waals surface area contributed by atoms with Crippen molar-refractivity contribution in [2.75, 3.05) is 26.4 Å². The number of phenolic OH excluding ortho intramolecular Hbond substituents is 3. The van der Waals surface area contributed by atoms with Crippen LogP contribution in [-0.2, 0) is 28.4 Å². The molecule has 3 aromatic carbocycles. The maximum Gasteiger partial charge on any atom is 0.239 e. The molecule has 0 spiro atoms. The highest BCUT2D eigenvalue weighted by Crippen LogP contribution is 2.39. The molecule has 20 unspecified atom stereocenters. The lowest BCUT2D eigenvalue weighted by Crippen LogP contribution is -2.64. The first-order chi connectivity index (χ1) is 35.7. The molecule has 4 saturated heterocycles. The van der Waals surface area contributed by atoms with Crippen LogP contribution in [0.2, 0.25) is 0 Å². The number of benzene rings is 3. The molecular weight excluding hydrogens is 1010 g/mol. The van der Waals surface area contributed by atoms with E-state index < -0.39 is 165 Å².